The molecule has 2 aromatic rings. The number of halogens is 2. The Labute approximate surface area is 166 Å². The fraction of sp³-hybridized carbons (Fsp3) is 0.200. The van der Waals surface area contributed by atoms with E-state index < -0.39 is 23.6 Å². The fourth-order valence-corrected chi connectivity index (χ4v) is 3.80. The SMILES string of the molecule is C=CC(=O)OC1c2c(Cl)cc(Cl)cc2NC1(C(=O)OCC)c1ccccc1. The zero-order valence-electron chi connectivity index (χ0n) is 14.5. The third-order valence-corrected chi connectivity index (χ3v) is 4.84. The summed E-state index contributed by atoms with van der Waals surface area (Å²) in [4.78, 5) is 25.2. The van der Waals surface area contributed by atoms with Gasteiger partial charge in [-0.05, 0) is 24.6 Å². The van der Waals surface area contributed by atoms with Gasteiger partial charge in [-0.3, -0.25) is 0 Å². The molecule has 0 saturated heterocycles. The number of carbonyl (C=O) groups excluding carboxylic acids is 2. The molecule has 27 heavy (non-hydrogen) atoms. The number of carbonyl (C=O) groups is 2. The Balaban J connectivity index is 2.27. The molecule has 0 spiro atoms. The molecule has 0 radical (unpaired) electrons. The largest absolute Gasteiger partial charge is 0.464 e. The molecule has 0 bridgehead atoms. The highest BCUT2D eigenvalue weighted by Gasteiger charge is 2.57. The van der Waals surface area contributed by atoms with Gasteiger partial charge in [0.1, 0.15) is 0 Å². The molecular formula is C20H17Cl2NO4. The Morgan fingerprint density at radius 1 is 1.26 bits per heavy atom. The summed E-state index contributed by atoms with van der Waals surface area (Å²) in [6.07, 6.45) is -0.0351. The van der Waals surface area contributed by atoms with Crippen molar-refractivity contribution in [3.05, 3.63) is 76.3 Å². The van der Waals surface area contributed by atoms with Crippen molar-refractivity contribution < 1.29 is 19.1 Å². The molecule has 0 amide bonds. The molecule has 2 aromatic carbocycles. The summed E-state index contributed by atoms with van der Waals surface area (Å²) in [5.41, 5.74) is 0.000194. The molecule has 2 unspecified atom stereocenters. The van der Waals surface area contributed by atoms with Crippen molar-refractivity contribution in [1.29, 1.82) is 0 Å². The van der Waals surface area contributed by atoms with Crippen LogP contribution in [0, 0.1) is 0 Å². The van der Waals surface area contributed by atoms with E-state index in [1.165, 1.54) is 6.07 Å². The maximum atomic E-state index is 13.1. The lowest BCUT2D eigenvalue weighted by Crippen LogP contribution is -2.47. The Bertz CT molecular complexity index is 900. The van der Waals surface area contributed by atoms with Gasteiger partial charge in [0.2, 0.25) is 5.54 Å². The maximum Gasteiger partial charge on any atom is 0.340 e. The molecular weight excluding hydrogens is 389 g/mol. The zero-order chi connectivity index (χ0) is 19.6. The quantitative estimate of drug-likeness (QED) is 0.579. The Morgan fingerprint density at radius 3 is 2.59 bits per heavy atom. The van der Waals surface area contributed by atoms with Crippen LogP contribution in [0.25, 0.3) is 0 Å². The predicted molar refractivity (Wildman–Crippen MR) is 104 cm³/mol. The molecule has 3 rings (SSSR count). The van der Waals surface area contributed by atoms with Crippen LogP contribution in [0.5, 0.6) is 0 Å². The van der Waals surface area contributed by atoms with Crippen molar-refractivity contribution in [3.63, 3.8) is 0 Å². The summed E-state index contributed by atoms with van der Waals surface area (Å²) >= 11 is 12.5. The summed E-state index contributed by atoms with van der Waals surface area (Å²) < 4.78 is 10.9. The minimum atomic E-state index is -1.51. The van der Waals surface area contributed by atoms with Gasteiger partial charge in [0.25, 0.3) is 0 Å². The topological polar surface area (TPSA) is 64.6 Å². The van der Waals surface area contributed by atoms with Crippen molar-refractivity contribution in [3.8, 4) is 0 Å². The highest BCUT2D eigenvalue weighted by Crippen LogP contribution is 2.53. The van der Waals surface area contributed by atoms with Crippen molar-refractivity contribution in [2.24, 2.45) is 0 Å². The lowest BCUT2D eigenvalue weighted by molar-refractivity contribution is -0.160. The molecule has 1 aliphatic heterocycles. The number of fused-ring (bicyclic) bond motifs is 1. The highest BCUT2D eigenvalue weighted by molar-refractivity contribution is 6.36. The molecule has 7 heteroatoms. The highest BCUT2D eigenvalue weighted by atomic mass is 35.5. The van der Waals surface area contributed by atoms with Crippen LogP contribution in [0.1, 0.15) is 24.2 Å². The lowest BCUT2D eigenvalue weighted by atomic mass is 9.84. The first-order valence-electron chi connectivity index (χ1n) is 8.27. The van der Waals surface area contributed by atoms with Gasteiger partial charge in [-0.1, -0.05) is 60.1 Å². The number of anilines is 1. The van der Waals surface area contributed by atoms with E-state index in [4.69, 9.17) is 32.7 Å². The van der Waals surface area contributed by atoms with Crippen LogP contribution in [-0.2, 0) is 24.6 Å². The van der Waals surface area contributed by atoms with Gasteiger partial charge in [0.15, 0.2) is 6.10 Å². The van der Waals surface area contributed by atoms with Crippen LogP contribution >= 0.6 is 23.2 Å². The van der Waals surface area contributed by atoms with Gasteiger partial charge in [0.05, 0.1) is 11.6 Å². The number of nitrogens with one attached hydrogen (secondary N) is 1. The second-order valence-electron chi connectivity index (χ2n) is 5.89. The monoisotopic (exact) mass is 405 g/mol. The second-order valence-corrected chi connectivity index (χ2v) is 6.73. The number of benzene rings is 2. The minimum Gasteiger partial charge on any atom is -0.464 e. The van der Waals surface area contributed by atoms with Gasteiger partial charge in [0, 0.05) is 22.3 Å². The Hall–Kier alpha value is -2.50. The first kappa shape index (κ1) is 19.3. The van der Waals surface area contributed by atoms with Crippen molar-refractivity contribution in [1.82, 2.24) is 0 Å². The molecule has 0 fully saturated rings. The summed E-state index contributed by atoms with van der Waals surface area (Å²) in [6.45, 7) is 5.29. The van der Waals surface area contributed by atoms with E-state index in [0.29, 0.717) is 21.8 Å². The second kappa shape index (κ2) is 7.62. The zero-order valence-corrected chi connectivity index (χ0v) is 16.0. The summed E-state index contributed by atoms with van der Waals surface area (Å²) in [7, 11) is 0. The number of ether oxygens (including phenoxy) is 2. The molecule has 1 N–H and O–H groups in total. The smallest absolute Gasteiger partial charge is 0.340 e. The van der Waals surface area contributed by atoms with E-state index in [0.717, 1.165) is 6.08 Å². The van der Waals surface area contributed by atoms with Crippen LogP contribution in [0.2, 0.25) is 10.0 Å². The van der Waals surface area contributed by atoms with E-state index in [1.54, 1.807) is 37.3 Å². The van der Waals surface area contributed by atoms with Gasteiger partial charge >= 0.3 is 11.9 Å². The Morgan fingerprint density at radius 2 is 1.96 bits per heavy atom. The van der Waals surface area contributed by atoms with Gasteiger partial charge in [-0.2, -0.15) is 0 Å². The van der Waals surface area contributed by atoms with Crippen molar-refractivity contribution >= 4 is 40.8 Å². The molecule has 140 valence electrons. The van der Waals surface area contributed by atoms with E-state index >= 15 is 0 Å². The van der Waals surface area contributed by atoms with Crippen LogP contribution in [-0.4, -0.2) is 18.5 Å². The van der Waals surface area contributed by atoms with E-state index in [1.807, 2.05) is 6.07 Å². The molecule has 1 aliphatic rings. The predicted octanol–water partition coefficient (Wildman–Crippen LogP) is 4.65. The average Bonchev–Trinajstić information content (AvgIpc) is 2.97. The van der Waals surface area contributed by atoms with Gasteiger partial charge < -0.3 is 14.8 Å². The molecule has 0 aromatic heterocycles. The summed E-state index contributed by atoms with van der Waals surface area (Å²) in [5.74, 6) is -1.29. The van der Waals surface area contributed by atoms with E-state index in [-0.39, 0.29) is 11.6 Å². The minimum absolute atomic E-state index is 0.155. The van der Waals surface area contributed by atoms with Crippen molar-refractivity contribution in [2.75, 3.05) is 11.9 Å². The molecule has 0 saturated carbocycles. The number of rotatable bonds is 5. The Kier molecular flexibility index (Phi) is 5.44. The number of hydrogen-bond donors (Lipinski definition) is 1. The standard InChI is InChI=1S/C20H17Cl2NO4/c1-3-16(24)27-18-17-14(22)10-13(21)11-15(17)23-20(18,19(25)26-4-2)12-8-6-5-7-9-12/h3,5-11,18,23H,1,4H2,2H3. The van der Waals surface area contributed by atoms with Gasteiger partial charge in [-0.25, -0.2) is 9.59 Å². The summed E-state index contributed by atoms with van der Waals surface area (Å²) in [5, 5.41) is 3.81. The average molecular weight is 406 g/mol. The first-order valence-corrected chi connectivity index (χ1v) is 9.02. The molecule has 1 heterocycles. The van der Waals surface area contributed by atoms with Crippen LogP contribution < -0.4 is 5.32 Å². The number of hydrogen-bond acceptors (Lipinski definition) is 5. The van der Waals surface area contributed by atoms with Crippen LogP contribution in [0.4, 0.5) is 5.69 Å². The number of esters is 2. The normalized spacial score (nSPS) is 20.3. The maximum absolute atomic E-state index is 13.1. The van der Waals surface area contributed by atoms with E-state index in [9.17, 15) is 9.59 Å². The van der Waals surface area contributed by atoms with Gasteiger partial charge in [-0.15, -0.1) is 0 Å². The van der Waals surface area contributed by atoms with Crippen molar-refractivity contribution in [2.45, 2.75) is 18.6 Å². The van der Waals surface area contributed by atoms with E-state index in [2.05, 4.69) is 11.9 Å². The molecule has 2 atom stereocenters. The molecule has 5 nitrogen and oxygen atoms in total. The van der Waals surface area contributed by atoms with Crippen LogP contribution in [0.15, 0.2) is 55.1 Å². The first-order chi connectivity index (χ1) is 12.9. The third-order valence-electron chi connectivity index (χ3n) is 4.31. The molecule has 0 aliphatic carbocycles. The lowest BCUT2D eigenvalue weighted by Gasteiger charge is -2.33. The fourth-order valence-electron chi connectivity index (χ4n) is 3.21. The summed E-state index contributed by atoms with van der Waals surface area (Å²) in [6, 6.07) is 12.0. The third kappa shape index (κ3) is 3.29. The van der Waals surface area contributed by atoms with Crippen LogP contribution in [0.3, 0.4) is 0 Å².